The Balaban J connectivity index is 1.59. The molecule has 1 aromatic carbocycles. The highest BCUT2D eigenvalue weighted by Gasteiger charge is 2.32. The molecule has 0 radical (unpaired) electrons. The maximum absolute atomic E-state index is 12.9. The van der Waals surface area contributed by atoms with E-state index < -0.39 is 0 Å². The molecule has 2 saturated heterocycles. The van der Waals surface area contributed by atoms with E-state index in [-0.39, 0.29) is 17.7 Å². The summed E-state index contributed by atoms with van der Waals surface area (Å²) < 4.78 is 10.5. The molecule has 1 unspecified atom stereocenters. The number of likely N-dealkylation sites (tertiary alicyclic amines) is 2. The van der Waals surface area contributed by atoms with Crippen LogP contribution in [0.1, 0.15) is 36.0 Å². The van der Waals surface area contributed by atoms with Crippen molar-refractivity contribution in [3.8, 4) is 11.5 Å². The number of rotatable bonds is 5. The van der Waals surface area contributed by atoms with Gasteiger partial charge in [0.05, 0.1) is 14.2 Å². The van der Waals surface area contributed by atoms with Crippen molar-refractivity contribution in [2.45, 2.75) is 31.7 Å². The zero-order valence-electron chi connectivity index (χ0n) is 17.1. The molecule has 1 aromatic rings. The van der Waals surface area contributed by atoms with Crippen LogP contribution in [0.15, 0.2) is 18.2 Å². The molecule has 3 rings (SSSR count). The van der Waals surface area contributed by atoms with E-state index in [1.54, 1.807) is 32.4 Å². The third kappa shape index (κ3) is 4.58. The number of hydrogen-bond acceptors (Lipinski definition) is 5. The first-order valence-corrected chi connectivity index (χ1v) is 10.0. The van der Waals surface area contributed by atoms with Crippen molar-refractivity contribution in [2.24, 2.45) is 5.92 Å². The smallest absolute Gasteiger partial charge is 0.254 e. The van der Waals surface area contributed by atoms with Crippen LogP contribution in [0.5, 0.6) is 11.5 Å². The van der Waals surface area contributed by atoms with Gasteiger partial charge in [0, 0.05) is 49.8 Å². The average Bonchev–Trinajstić information content (AvgIpc) is 2.77. The number of likely N-dealkylation sites (N-methyl/N-ethyl adjacent to an activating group) is 1. The van der Waals surface area contributed by atoms with Crippen molar-refractivity contribution < 1.29 is 19.1 Å². The number of carbonyl (C=O) groups is 2. The van der Waals surface area contributed by atoms with Crippen LogP contribution in [0.2, 0.25) is 0 Å². The predicted molar refractivity (Wildman–Crippen MR) is 107 cm³/mol. The molecule has 28 heavy (non-hydrogen) atoms. The van der Waals surface area contributed by atoms with E-state index in [4.69, 9.17) is 9.47 Å². The molecule has 0 spiro atoms. The summed E-state index contributed by atoms with van der Waals surface area (Å²) >= 11 is 0. The average molecular weight is 389 g/mol. The summed E-state index contributed by atoms with van der Waals surface area (Å²) in [6, 6.07) is 5.60. The molecule has 0 aliphatic carbocycles. The molecule has 0 bridgehead atoms. The molecule has 2 heterocycles. The van der Waals surface area contributed by atoms with Crippen LogP contribution in [0.4, 0.5) is 0 Å². The van der Waals surface area contributed by atoms with E-state index in [0.29, 0.717) is 49.0 Å². The topological polar surface area (TPSA) is 71.1 Å². The van der Waals surface area contributed by atoms with Crippen LogP contribution < -0.4 is 14.8 Å². The number of nitrogens with one attached hydrogen (secondary N) is 1. The standard InChI is InChI=1S/C21H31N3O4/c1-22-17-5-4-8-24(14-17)20(25)15-6-9-23(10-7-15)21(26)16-11-18(27-2)13-19(12-16)28-3/h11-13,15,17,22H,4-10,14H2,1-3H3. The van der Waals surface area contributed by atoms with Gasteiger partial charge in [-0.25, -0.2) is 0 Å². The summed E-state index contributed by atoms with van der Waals surface area (Å²) in [7, 11) is 5.09. The molecule has 154 valence electrons. The van der Waals surface area contributed by atoms with E-state index >= 15 is 0 Å². The Kier molecular flexibility index (Phi) is 6.78. The molecule has 2 amide bonds. The zero-order valence-corrected chi connectivity index (χ0v) is 17.1. The Hall–Kier alpha value is -2.28. The first kappa shape index (κ1) is 20.5. The summed E-state index contributed by atoms with van der Waals surface area (Å²) in [6.45, 7) is 2.83. The van der Waals surface area contributed by atoms with Crippen molar-refractivity contribution in [3.63, 3.8) is 0 Å². The van der Waals surface area contributed by atoms with Gasteiger partial charge in [-0.15, -0.1) is 0 Å². The second-order valence-electron chi connectivity index (χ2n) is 7.58. The fourth-order valence-corrected chi connectivity index (χ4v) is 4.11. The number of benzene rings is 1. The zero-order chi connectivity index (χ0) is 20.1. The molecular weight excluding hydrogens is 358 g/mol. The van der Waals surface area contributed by atoms with Crippen LogP contribution in [0, 0.1) is 5.92 Å². The Morgan fingerprint density at radius 3 is 2.18 bits per heavy atom. The van der Waals surface area contributed by atoms with Gasteiger partial charge in [-0.2, -0.15) is 0 Å². The highest BCUT2D eigenvalue weighted by Crippen LogP contribution is 2.26. The van der Waals surface area contributed by atoms with Gasteiger partial charge >= 0.3 is 0 Å². The number of carbonyl (C=O) groups excluding carboxylic acids is 2. The summed E-state index contributed by atoms with van der Waals surface area (Å²) in [6.07, 6.45) is 3.60. The first-order chi connectivity index (χ1) is 13.5. The molecule has 2 aliphatic rings. The largest absolute Gasteiger partial charge is 0.497 e. The quantitative estimate of drug-likeness (QED) is 0.831. The van der Waals surface area contributed by atoms with E-state index in [1.807, 2.05) is 16.8 Å². The van der Waals surface area contributed by atoms with Crippen molar-refractivity contribution >= 4 is 11.8 Å². The van der Waals surface area contributed by atoms with Crippen LogP contribution in [-0.2, 0) is 4.79 Å². The second kappa shape index (κ2) is 9.28. The highest BCUT2D eigenvalue weighted by atomic mass is 16.5. The van der Waals surface area contributed by atoms with Crippen LogP contribution >= 0.6 is 0 Å². The third-order valence-electron chi connectivity index (χ3n) is 5.87. The number of ether oxygens (including phenoxy) is 2. The lowest BCUT2D eigenvalue weighted by Crippen LogP contribution is -2.50. The van der Waals surface area contributed by atoms with Gasteiger partial charge in [-0.05, 0) is 44.9 Å². The van der Waals surface area contributed by atoms with Gasteiger partial charge in [-0.1, -0.05) is 0 Å². The van der Waals surface area contributed by atoms with Crippen LogP contribution in [0.3, 0.4) is 0 Å². The molecule has 0 aromatic heterocycles. The van der Waals surface area contributed by atoms with Gasteiger partial charge in [0.2, 0.25) is 5.91 Å². The molecule has 7 nitrogen and oxygen atoms in total. The molecule has 2 aliphatic heterocycles. The van der Waals surface area contributed by atoms with Gasteiger partial charge in [0.1, 0.15) is 11.5 Å². The monoisotopic (exact) mass is 389 g/mol. The van der Waals surface area contributed by atoms with Crippen molar-refractivity contribution in [1.29, 1.82) is 0 Å². The predicted octanol–water partition coefficient (Wildman–Crippen LogP) is 1.77. The van der Waals surface area contributed by atoms with Crippen molar-refractivity contribution in [2.75, 3.05) is 47.4 Å². The summed E-state index contributed by atoms with van der Waals surface area (Å²) in [5, 5.41) is 3.28. The Morgan fingerprint density at radius 2 is 1.61 bits per heavy atom. The van der Waals surface area contributed by atoms with Crippen molar-refractivity contribution in [1.82, 2.24) is 15.1 Å². The molecule has 1 N–H and O–H groups in total. The Bertz CT molecular complexity index is 679. The van der Waals surface area contributed by atoms with Gasteiger partial charge in [0.25, 0.3) is 5.91 Å². The minimum Gasteiger partial charge on any atom is -0.497 e. The molecule has 7 heteroatoms. The number of hydrogen-bond donors (Lipinski definition) is 1. The van der Waals surface area contributed by atoms with Crippen LogP contribution in [0.25, 0.3) is 0 Å². The summed E-state index contributed by atoms with van der Waals surface area (Å²) in [5.41, 5.74) is 0.550. The van der Waals surface area contributed by atoms with Gasteiger partial charge < -0.3 is 24.6 Å². The summed E-state index contributed by atoms with van der Waals surface area (Å²) in [4.78, 5) is 29.6. The lowest BCUT2D eigenvalue weighted by Gasteiger charge is -2.37. The molecule has 2 fully saturated rings. The van der Waals surface area contributed by atoms with E-state index in [9.17, 15) is 9.59 Å². The summed E-state index contributed by atoms with van der Waals surface area (Å²) in [5.74, 6) is 1.40. The Labute approximate surface area is 167 Å². The molecular formula is C21H31N3O4. The van der Waals surface area contributed by atoms with Crippen LogP contribution in [-0.4, -0.2) is 75.1 Å². The number of amides is 2. The lowest BCUT2D eigenvalue weighted by molar-refractivity contribution is -0.138. The van der Waals surface area contributed by atoms with Crippen molar-refractivity contribution in [3.05, 3.63) is 23.8 Å². The maximum atomic E-state index is 12.9. The minimum absolute atomic E-state index is 0.0134. The lowest BCUT2D eigenvalue weighted by atomic mass is 9.93. The number of piperidine rings is 2. The number of methoxy groups -OCH3 is 2. The van der Waals surface area contributed by atoms with Gasteiger partial charge in [0.15, 0.2) is 0 Å². The van der Waals surface area contributed by atoms with E-state index in [2.05, 4.69) is 5.32 Å². The minimum atomic E-state index is -0.0451. The maximum Gasteiger partial charge on any atom is 0.254 e. The second-order valence-corrected chi connectivity index (χ2v) is 7.58. The molecule has 1 atom stereocenters. The highest BCUT2D eigenvalue weighted by molar-refractivity contribution is 5.95. The Morgan fingerprint density at radius 1 is 0.964 bits per heavy atom. The fraction of sp³-hybridized carbons (Fsp3) is 0.619. The number of nitrogens with zero attached hydrogens (tertiary/aromatic N) is 2. The first-order valence-electron chi connectivity index (χ1n) is 10.0. The normalized spacial score (nSPS) is 20.8. The van der Waals surface area contributed by atoms with E-state index in [0.717, 1.165) is 25.9 Å². The van der Waals surface area contributed by atoms with Gasteiger partial charge in [-0.3, -0.25) is 9.59 Å². The fourth-order valence-electron chi connectivity index (χ4n) is 4.11. The third-order valence-corrected chi connectivity index (χ3v) is 5.87. The van der Waals surface area contributed by atoms with E-state index in [1.165, 1.54) is 0 Å². The molecule has 0 saturated carbocycles. The SMILES string of the molecule is CNC1CCCN(C(=O)C2CCN(C(=O)c3cc(OC)cc(OC)c3)CC2)C1.